The van der Waals surface area contributed by atoms with Crippen LogP contribution in [-0.4, -0.2) is 99.8 Å². The molecule has 0 bridgehead atoms. The number of likely N-dealkylation sites (tertiary alicyclic amines) is 1. The van der Waals surface area contributed by atoms with Crippen molar-refractivity contribution in [3.8, 4) is 0 Å². The second-order valence-electron chi connectivity index (χ2n) is 11.5. The van der Waals surface area contributed by atoms with E-state index in [1.165, 1.54) is 45.2 Å². The van der Waals surface area contributed by atoms with Crippen molar-refractivity contribution in [2.75, 3.05) is 63.2 Å². The van der Waals surface area contributed by atoms with Gasteiger partial charge in [-0.1, -0.05) is 12.5 Å². The average molecular weight is 568 g/mol. The Morgan fingerprint density at radius 3 is 2.42 bits per heavy atom. The van der Waals surface area contributed by atoms with Gasteiger partial charge in [0.25, 0.3) is 0 Å². The van der Waals surface area contributed by atoms with E-state index in [1.54, 1.807) is 6.33 Å². The number of aromatic nitrogens is 5. The van der Waals surface area contributed by atoms with Crippen LogP contribution < -0.4 is 9.80 Å². The number of fused-ring (bicyclic) bond motifs is 1. The van der Waals surface area contributed by atoms with Crippen molar-refractivity contribution in [2.24, 2.45) is 5.92 Å². The molecule has 2 aliphatic heterocycles. The number of pyridine rings is 1. The van der Waals surface area contributed by atoms with Gasteiger partial charge in [0.1, 0.15) is 18.0 Å². The molecule has 0 unspecified atom stereocenters. The molecule has 0 radical (unpaired) electrons. The summed E-state index contributed by atoms with van der Waals surface area (Å²) in [5.74, 6) is 2.37. The maximum atomic E-state index is 13.4. The number of piperazine rings is 1. The SMILES string of the molecule is CN(C)c1cccc(Cn2ncc3c(N4CCN(C(=O)[C@H]5CC[C@H](N6CCCCC6)CC5)CC4)ncnc32)n1.Cl. The second-order valence-corrected chi connectivity index (χ2v) is 11.5. The Balaban J connectivity index is 0.00000323. The summed E-state index contributed by atoms with van der Waals surface area (Å²) in [6.07, 6.45) is 12.0. The van der Waals surface area contributed by atoms with Gasteiger partial charge in [-0.15, -0.1) is 12.4 Å². The van der Waals surface area contributed by atoms with E-state index in [9.17, 15) is 4.79 Å². The van der Waals surface area contributed by atoms with E-state index in [2.05, 4.69) is 29.8 Å². The zero-order chi connectivity index (χ0) is 26.8. The van der Waals surface area contributed by atoms with Crippen LogP contribution in [0.15, 0.2) is 30.7 Å². The van der Waals surface area contributed by atoms with Gasteiger partial charge < -0.3 is 19.6 Å². The first-order valence-electron chi connectivity index (χ1n) is 14.6. The van der Waals surface area contributed by atoms with Crippen LogP contribution in [0.3, 0.4) is 0 Å². The highest BCUT2D eigenvalue weighted by Gasteiger charge is 2.33. The predicted octanol–water partition coefficient (Wildman–Crippen LogP) is 3.45. The smallest absolute Gasteiger partial charge is 0.225 e. The Morgan fingerprint density at radius 2 is 1.70 bits per heavy atom. The van der Waals surface area contributed by atoms with E-state index in [1.807, 2.05) is 48.1 Å². The van der Waals surface area contributed by atoms with Crippen molar-refractivity contribution < 1.29 is 4.79 Å². The van der Waals surface area contributed by atoms with Crippen LogP contribution >= 0.6 is 12.4 Å². The molecule has 1 saturated carbocycles. The summed E-state index contributed by atoms with van der Waals surface area (Å²) in [6.45, 7) is 6.08. The minimum Gasteiger partial charge on any atom is -0.363 e. The maximum Gasteiger partial charge on any atom is 0.225 e. The Kier molecular flexibility index (Phi) is 9.05. The Labute approximate surface area is 243 Å². The first-order chi connectivity index (χ1) is 19.1. The first-order valence-corrected chi connectivity index (χ1v) is 14.6. The number of carbonyl (C=O) groups excluding carboxylic acids is 1. The fourth-order valence-electron chi connectivity index (χ4n) is 6.57. The molecule has 3 aliphatic rings. The van der Waals surface area contributed by atoms with Crippen LogP contribution in [0.1, 0.15) is 50.6 Å². The largest absolute Gasteiger partial charge is 0.363 e. The lowest BCUT2D eigenvalue weighted by atomic mass is 9.83. The zero-order valence-corrected chi connectivity index (χ0v) is 24.6. The normalized spacial score (nSPS) is 22.2. The minimum atomic E-state index is 0. The van der Waals surface area contributed by atoms with Crippen molar-refractivity contribution in [3.05, 3.63) is 36.4 Å². The summed E-state index contributed by atoms with van der Waals surface area (Å²) in [7, 11) is 3.98. The van der Waals surface area contributed by atoms with Crippen molar-refractivity contribution in [1.29, 1.82) is 0 Å². The van der Waals surface area contributed by atoms with Crippen molar-refractivity contribution in [1.82, 2.24) is 34.5 Å². The molecule has 2 saturated heterocycles. The third-order valence-electron chi connectivity index (χ3n) is 8.82. The quantitative estimate of drug-likeness (QED) is 0.448. The van der Waals surface area contributed by atoms with Crippen LogP contribution in [0.25, 0.3) is 11.0 Å². The van der Waals surface area contributed by atoms with Gasteiger partial charge >= 0.3 is 0 Å². The highest BCUT2D eigenvalue weighted by Crippen LogP contribution is 2.31. The van der Waals surface area contributed by atoms with E-state index in [-0.39, 0.29) is 18.3 Å². The van der Waals surface area contributed by atoms with Crippen molar-refractivity contribution >= 4 is 41.0 Å². The van der Waals surface area contributed by atoms with Gasteiger partial charge in [0.05, 0.1) is 23.8 Å². The average Bonchev–Trinajstić information content (AvgIpc) is 3.40. The summed E-state index contributed by atoms with van der Waals surface area (Å²) >= 11 is 0. The van der Waals surface area contributed by atoms with Crippen molar-refractivity contribution in [3.63, 3.8) is 0 Å². The molecular weight excluding hydrogens is 526 g/mol. The summed E-state index contributed by atoms with van der Waals surface area (Å²) in [5, 5.41) is 5.57. The molecule has 6 rings (SSSR count). The minimum absolute atomic E-state index is 0. The lowest BCUT2D eigenvalue weighted by Gasteiger charge is -2.41. The Morgan fingerprint density at radius 1 is 0.950 bits per heavy atom. The molecule has 216 valence electrons. The number of carbonyl (C=O) groups is 1. The molecule has 1 amide bonds. The van der Waals surface area contributed by atoms with Gasteiger partial charge in [-0.3, -0.25) is 4.79 Å². The van der Waals surface area contributed by atoms with Gasteiger partial charge in [0, 0.05) is 52.2 Å². The monoisotopic (exact) mass is 567 g/mol. The summed E-state index contributed by atoms with van der Waals surface area (Å²) < 4.78 is 1.89. The molecule has 3 fully saturated rings. The number of amides is 1. The molecule has 5 heterocycles. The van der Waals surface area contributed by atoms with Crippen LogP contribution in [0.5, 0.6) is 0 Å². The molecule has 0 spiro atoms. The highest BCUT2D eigenvalue weighted by molar-refractivity contribution is 5.87. The van der Waals surface area contributed by atoms with Crippen LogP contribution in [0.4, 0.5) is 11.6 Å². The molecule has 11 heteroatoms. The summed E-state index contributed by atoms with van der Waals surface area (Å²) in [5.41, 5.74) is 1.74. The number of halogens is 1. The fourth-order valence-corrected chi connectivity index (χ4v) is 6.57. The maximum absolute atomic E-state index is 13.4. The van der Waals surface area contributed by atoms with Gasteiger partial charge in [0.2, 0.25) is 5.91 Å². The standard InChI is InChI=1S/C29H41N9O.ClH/c1-34(2)26-8-6-7-23(33-26)20-38-28-25(19-32-38)27(30-21-31-28)36-15-17-37(18-16-36)29(39)22-9-11-24(12-10-22)35-13-4-3-5-14-35;/h6-8,19,21-22,24H,3-5,9-18,20H2,1-2H3;1H/t22-,24-;. The van der Waals surface area contributed by atoms with Gasteiger partial charge in [-0.2, -0.15) is 5.10 Å². The molecule has 40 heavy (non-hydrogen) atoms. The van der Waals surface area contributed by atoms with E-state index < -0.39 is 0 Å². The van der Waals surface area contributed by atoms with E-state index >= 15 is 0 Å². The predicted molar refractivity (Wildman–Crippen MR) is 160 cm³/mol. The van der Waals surface area contributed by atoms with E-state index in [4.69, 9.17) is 4.98 Å². The number of anilines is 2. The molecular formula is C29H42ClN9O. The number of nitrogens with zero attached hydrogens (tertiary/aromatic N) is 9. The topological polar surface area (TPSA) is 86.5 Å². The number of piperidine rings is 1. The van der Waals surface area contributed by atoms with Crippen LogP contribution in [0.2, 0.25) is 0 Å². The molecule has 3 aromatic heterocycles. The van der Waals surface area contributed by atoms with Gasteiger partial charge in [0.15, 0.2) is 5.65 Å². The Bertz CT molecular complexity index is 1280. The Hall–Kier alpha value is -2.98. The lowest BCUT2D eigenvalue weighted by molar-refractivity contribution is -0.137. The fraction of sp³-hybridized carbons (Fsp3) is 0.621. The summed E-state index contributed by atoms with van der Waals surface area (Å²) in [6, 6.07) is 6.72. The van der Waals surface area contributed by atoms with Gasteiger partial charge in [-0.05, 0) is 63.7 Å². The summed E-state index contributed by atoms with van der Waals surface area (Å²) in [4.78, 5) is 36.3. The van der Waals surface area contributed by atoms with E-state index in [0.29, 0.717) is 18.5 Å². The number of hydrogen-bond acceptors (Lipinski definition) is 8. The molecule has 1 aliphatic carbocycles. The third-order valence-corrected chi connectivity index (χ3v) is 8.82. The molecule has 0 aromatic carbocycles. The first kappa shape index (κ1) is 28.5. The number of rotatable bonds is 6. The lowest BCUT2D eigenvalue weighted by Crippen LogP contribution is -2.51. The van der Waals surface area contributed by atoms with Gasteiger partial charge in [-0.25, -0.2) is 19.6 Å². The third kappa shape index (κ3) is 6.02. The van der Waals surface area contributed by atoms with Crippen molar-refractivity contribution in [2.45, 2.75) is 57.5 Å². The molecule has 0 N–H and O–H groups in total. The van der Waals surface area contributed by atoms with Crippen LogP contribution in [-0.2, 0) is 11.3 Å². The highest BCUT2D eigenvalue weighted by atomic mass is 35.5. The van der Waals surface area contributed by atoms with E-state index in [0.717, 1.165) is 67.4 Å². The van der Waals surface area contributed by atoms with Crippen LogP contribution in [0, 0.1) is 5.92 Å². The number of hydrogen-bond donors (Lipinski definition) is 0. The second kappa shape index (κ2) is 12.7. The molecule has 0 atom stereocenters. The zero-order valence-electron chi connectivity index (χ0n) is 23.8. The molecule has 10 nitrogen and oxygen atoms in total. The molecule has 3 aromatic rings.